The molecule has 0 radical (unpaired) electrons. The van der Waals surface area contributed by atoms with Gasteiger partial charge in [-0.1, -0.05) is 17.7 Å². The molecule has 1 atom stereocenters. The van der Waals surface area contributed by atoms with E-state index in [-0.39, 0.29) is 34.5 Å². The van der Waals surface area contributed by atoms with Crippen LogP contribution in [0.1, 0.15) is 27.9 Å². The van der Waals surface area contributed by atoms with E-state index >= 15 is 0 Å². The Morgan fingerprint density at radius 3 is 2.39 bits per heavy atom. The van der Waals surface area contributed by atoms with Crippen molar-refractivity contribution in [1.82, 2.24) is 15.5 Å². The molecule has 1 aliphatic rings. The summed E-state index contributed by atoms with van der Waals surface area (Å²) in [5.74, 6) is -1.46. The highest BCUT2D eigenvalue weighted by molar-refractivity contribution is 6.31. The number of hydrogen-bond donors (Lipinski definition) is 5. The standard InChI is InChI=1S/C23H25ClF3N7O4/c24-14-3-1-12(18(8-14)34(21(29)37)22(30)38)10-33-6-5-15(11-33)32-19(35)9-31-20(36)16-7-13(23(25,26)27)2-4-17(16)28/h1-4,7-8,15H,5-6,9-11,28H2,(H2,29,37)(H2,30,38)(H,31,36)(H,32,35)/t15-/m1/s1. The molecule has 2 aromatic rings. The van der Waals surface area contributed by atoms with Crippen molar-refractivity contribution in [3.8, 4) is 0 Å². The van der Waals surface area contributed by atoms with Gasteiger partial charge in [0.25, 0.3) is 5.91 Å². The number of nitrogens with zero attached hydrogens (tertiary/aromatic N) is 2. The monoisotopic (exact) mass is 555 g/mol. The largest absolute Gasteiger partial charge is 0.416 e. The van der Waals surface area contributed by atoms with Crippen LogP contribution in [0, 0.1) is 0 Å². The number of carbonyl (C=O) groups is 4. The Balaban J connectivity index is 1.57. The van der Waals surface area contributed by atoms with Crippen molar-refractivity contribution < 1.29 is 32.3 Å². The number of benzene rings is 2. The number of carbonyl (C=O) groups excluding carboxylic acids is 4. The number of rotatable bonds is 7. The van der Waals surface area contributed by atoms with E-state index in [1.165, 1.54) is 6.07 Å². The van der Waals surface area contributed by atoms with Crippen molar-refractivity contribution in [1.29, 1.82) is 0 Å². The predicted molar refractivity (Wildman–Crippen MR) is 133 cm³/mol. The maximum atomic E-state index is 12.9. The molecule has 0 aromatic heterocycles. The molecule has 15 heteroatoms. The number of halogens is 4. The second kappa shape index (κ2) is 11.6. The van der Waals surface area contributed by atoms with Crippen LogP contribution in [0.4, 0.5) is 34.1 Å². The fraction of sp³-hybridized carbons (Fsp3) is 0.304. The van der Waals surface area contributed by atoms with Crippen LogP contribution in [0.25, 0.3) is 0 Å². The van der Waals surface area contributed by atoms with Crippen LogP contribution in [0.5, 0.6) is 0 Å². The van der Waals surface area contributed by atoms with Crippen LogP contribution < -0.4 is 32.7 Å². The number of nitrogens with one attached hydrogen (secondary N) is 2. The topological polar surface area (TPSA) is 177 Å². The quantitative estimate of drug-likeness (QED) is 0.326. The maximum absolute atomic E-state index is 12.9. The van der Waals surface area contributed by atoms with Gasteiger partial charge in [0, 0.05) is 36.4 Å². The van der Waals surface area contributed by atoms with Crippen molar-refractivity contribution in [3.63, 3.8) is 0 Å². The van der Waals surface area contributed by atoms with Gasteiger partial charge in [-0.15, -0.1) is 0 Å². The van der Waals surface area contributed by atoms with E-state index in [1.54, 1.807) is 12.1 Å². The first-order valence-electron chi connectivity index (χ1n) is 11.2. The highest BCUT2D eigenvalue weighted by atomic mass is 35.5. The minimum Gasteiger partial charge on any atom is -0.398 e. The summed E-state index contributed by atoms with van der Waals surface area (Å²) in [4.78, 5) is 50.7. The summed E-state index contributed by atoms with van der Waals surface area (Å²) in [6, 6.07) is 4.52. The zero-order chi connectivity index (χ0) is 28.2. The number of urea groups is 2. The van der Waals surface area contributed by atoms with Crippen LogP contribution in [-0.2, 0) is 17.5 Å². The van der Waals surface area contributed by atoms with E-state index in [2.05, 4.69) is 10.6 Å². The molecular weight excluding hydrogens is 531 g/mol. The van der Waals surface area contributed by atoms with E-state index in [4.69, 9.17) is 28.8 Å². The minimum absolute atomic E-state index is 0.140. The van der Waals surface area contributed by atoms with E-state index in [0.717, 1.165) is 12.1 Å². The molecule has 1 heterocycles. The SMILES string of the molecule is NC(=O)N(C(N)=O)c1cc(Cl)ccc1CN1CC[C@@H](NC(=O)CNC(=O)c2cc(C(F)(F)F)ccc2N)C1. The lowest BCUT2D eigenvalue weighted by Gasteiger charge is -2.23. The normalized spacial score (nSPS) is 15.6. The summed E-state index contributed by atoms with van der Waals surface area (Å²) in [5.41, 5.74) is 15.3. The van der Waals surface area contributed by atoms with Crippen molar-refractivity contribution >= 4 is 46.9 Å². The van der Waals surface area contributed by atoms with Crippen molar-refractivity contribution in [3.05, 3.63) is 58.1 Å². The fourth-order valence-corrected chi connectivity index (χ4v) is 4.19. The Hall–Kier alpha value is -4.04. The van der Waals surface area contributed by atoms with Crippen molar-refractivity contribution in [2.75, 3.05) is 30.3 Å². The van der Waals surface area contributed by atoms with Gasteiger partial charge in [-0.3, -0.25) is 14.5 Å². The number of primary amides is 2. The summed E-state index contributed by atoms with van der Waals surface area (Å²) >= 11 is 6.02. The zero-order valence-corrected chi connectivity index (χ0v) is 20.6. The van der Waals surface area contributed by atoms with Crippen LogP contribution in [0.15, 0.2) is 36.4 Å². The third-order valence-electron chi connectivity index (χ3n) is 5.80. The van der Waals surface area contributed by atoms with E-state index in [9.17, 15) is 32.3 Å². The Bertz CT molecular complexity index is 1240. The summed E-state index contributed by atoms with van der Waals surface area (Å²) < 4.78 is 38.8. The third-order valence-corrected chi connectivity index (χ3v) is 6.03. The molecule has 1 fully saturated rings. The van der Waals surface area contributed by atoms with Crippen molar-refractivity contribution in [2.45, 2.75) is 25.2 Å². The molecule has 2 aromatic carbocycles. The second-order valence-corrected chi connectivity index (χ2v) is 8.99. The molecule has 3 rings (SSSR count). The van der Waals surface area contributed by atoms with Gasteiger partial charge in [-0.05, 0) is 42.3 Å². The average Bonchev–Trinajstić information content (AvgIpc) is 3.25. The number of hydrogen-bond acceptors (Lipinski definition) is 6. The lowest BCUT2D eigenvalue weighted by atomic mass is 10.1. The first kappa shape index (κ1) is 28.5. The predicted octanol–water partition coefficient (Wildman–Crippen LogP) is 2.03. The van der Waals surface area contributed by atoms with Crippen LogP contribution >= 0.6 is 11.6 Å². The molecule has 0 saturated carbocycles. The lowest BCUT2D eigenvalue weighted by Crippen LogP contribution is -2.45. The molecule has 1 aliphatic heterocycles. The molecule has 8 N–H and O–H groups in total. The fourth-order valence-electron chi connectivity index (χ4n) is 4.02. The second-order valence-electron chi connectivity index (χ2n) is 8.56. The number of anilines is 2. The minimum atomic E-state index is -4.65. The Morgan fingerprint density at radius 2 is 1.76 bits per heavy atom. The molecule has 6 amide bonds. The van der Waals surface area contributed by atoms with Gasteiger partial charge in [0.2, 0.25) is 5.91 Å². The number of imide groups is 1. The summed E-state index contributed by atoms with van der Waals surface area (Å²) in [7, 11) is 0. The number of nitrogen functional groups attached to an aromatic ring is 1. The van der Waals surface area contributed by atoms with Gasteiger partial charge in [0.05, 0.1) is 23.4 Å². The number of amides is 6. The van der Waals surface area contributed by atoms with Crippen LogP contribution in [-0.4, -0.2) is 54.5 Å². The highest BCUT2D eigenvalue weighted by Crippen LogP contribution is 2.31. The zero-order valence-electron chi connectivity index (χ0n) is 19.8. The Labute approximate surface area is 220 Å². The molecule has 0 aliphatic carbocycles. The number of nitrogens with two attached hydrogens (primary N) is 3. The number of alkyl halides is 3. The van der Waals surface area contributed by atoms with Crippen LogP contribution in [0.3, 0.4) is 0 Å². The van der Waals surface area contributed by atoms with Gasteiger partial charge >= 0.3 is 18.2 Å². The highest BCUT2D eigenvalue weighted by Gasteiger charge is 2.32. The van der Waals surface area contributed by atoms with Gasteiger partial charge in [-0.2, -0.15) is 13.2 Å². The van der Waals surface area contributed by atoms with Gasteiger partial charge in [-0.25, -0.2) is 14.5 Å². The molecule has 11 nitrogen and oxygen atoms in total. The molecule has 38 heavy (non-hydrogen) atoms. The van der Waals surface area contributed by atoms with Gasteiger partial charge < -0.3 is 27.8 Å². The van der Waals surface area contributed by atoms with Gasteiger partial charge in [0.1, 0.15) is 0 Å². The van der Waals surface area contributed by atoms with Crippen molar-refractivity contribution in [2.24, 2.45) is 11.5 Å². The van der Waals surface area contributed by atoms with E-state index in [1.807, 2.05) is 4.90 Å². The number of likely N-dealkylation sites (tertiary alicyclic amines) is 1. The van der Waals surface area contributed by atoms with Crippen LogP contribution in [0.2, 0.25) is 5.02 Å². The molecule has 1 saturated heterocycles. The molecular formula is C23H25ClF3N7O4. The Morgan fingerprint density at radius 1 is 1.08 bits per heavy atom. The maximum Gasteiger partial charge on any atom is 0.416 e. The molecule has 0 spiro atoms. The van der Waals surface area contributed by atoms with Gasteiger partial charge in [0.15, 0.2) is 0 Å². The Kier molecular flexibility index (Phi) is 8.68. The van der Waals surface area contributed by atoms with E-state index in [0.29, 0.717) is 36.0 Å². The smallest absolute Gasteiger partial charge is 0.398 e. The average molecular weight is 556 g/mol. The summed E-state index contributed by atoms with van der Waals surface area (Å²) in [6.45, 7) is 0.753. The van der Waals surface area contributed by atoms with E-state index < -0.39 is 42.2 Å². The first-order valence-corrected chi connectivity index (χ1v) is 11.6. The molecule has 0 unspecified atom stereocenters. The summed E-state index contributed by atoms with van der Waals surface area (Å²) in [5, 5.41) is 5.28. The first-order chi connectivity index (χ1) is 17.8. The summed E-state index contributed by atoms with van der Waals surface area (Å²) in [6.07, 6.45) is -4.10. The third kappa shape index (κ3) is 7.04. The lowest BCUT2D eigenvalue weighted by molar-refractivity contribution is -0.137. The molecule has 204 valence electrons. The molecule has 0 bridgehead atoms.